The average molecular weight is 448 g/mol. The van der Waals surface area contributed by atoms with E-state index in [-0.39, 0.29) is 17.7 Å². The van der Waals surface area contributed by atoms with Crippen LogP contribution >= 0.6 is 11.3 Å². The predicted octanol–water partition coefficient (Wildman–Crippen LogP) is 4.53. The van der Waals surface area contributed by atoms with Gasteiger partial charge in [0.25, 0.3) is 5.91 Å². The first-order valence-corrected chi connectivity index (χ1v) is 11.3. The van der Waals surface area contributed by atoms with Gasteiger partial charge in [0.1, 0.15) is 0 Å². The molecule has 0 bridgehead atoms. The largest absolute Gasteiger partial charge is 0.348 e. The summed E-state index contributed by atoms with van der Waals surface area (Å²) in [6, 6.07) is 13.3. The number of anilines is 1. The second-order valence-corrected chi connectivity index (χ2v) is 8.91. The highest BCUT2D eigenvalue weighted by Crippen LogP contribution is 2.29. The van der Waals surface area contributed by atoms with E-state index in [1.54, 1.807) is 16.0 Å². The molecule has 3 heterocycles. The summed E-state index contributed by atoms with van der Waals surface area (Å²) >= 11 is 1.58. The summed E-state index contributed by atoms with van der Waals surface area (Å²) < 4.78 is 1.71. The number of fused-ring (bicyclic) bond motifs is 1. The van der Waals surface area contributed by atoms with Gasteiger partial charge in [-0.2, -0.15) is 5.10 Å². The summed E-state index contributed by atoms with van der Waals surface area (Å²) in [5.41, 5.74) is 4.44. The van der Waals surface area contributed by atoms with Crippen LogP contribution in [0, 0.1) is 12.8 Å². The number of amides is 2. The molecule has 0 atom stereocenters. The van der Waals surface area contributed by atoms with Crippen LogP contribution in [-0.2, 0) is 18.4 Å². The zero-order valence-corrected chi connectivity index (χ0v) is 19.3. The summed E-state index contributed by atoms with van der Waals surface area (Å²) in [5, 5.41) is 13.1. The fraction of sp³-hybridized carbons (Fsp3) is 0.250. The average Bonchev–Trinajstić information content (AvgIpc) is 3.41. The maximum absolute atomic E-state index is 13.2. The van der Waals surface area contributed by atoms with Gasteiger partial charge in [-0.05, 0) is 42.1 Å². The molecule has 0 unspecified atom stereocenters. The third kappa shape index (κ3) is 4.40. The van der Waals surface area contributed by atoms with E-state index in [9.17, 15) is 9.59 Å². The van der Waals surface area contributed by atoms with E-state index < -0.39 is 0 Å². The highest BCUT2D eigenvalue weighted by molar-refractivity contribution is 7.13. The van der Waals surface area contributed by atoms with Gasteiger partial charge >= 0.3 is 0 Å². The normalized spacial score (nSPS) is 11.2. The van der Waals surface area contributed by atoms with Crippen LogP contribution in [0.2, 0.25) is 0 Å². The molecule has 3 aromatic heterocycles. The van der Waals surface area contributed by atoms with Crippen LogP contribution in [0.15, 0.2) is 47.8 Å². The Labute approximate surface area is 190 Å². The Morgan fingerprint density at radius 3 is 2.56 bits per heavy atom. The first kappa shape index (κ1) is 21.7. The standard InChI is InChI=1S/C24H25N5O2S/c1-14(2)23(30)26-17-9-7-16(8-10-17)13-25-24(31)18-12-19(20-6-5-11-32-20)27-22-21(18)15(3)28-29(22)4/h5-12,14H,13H2,1-4H3,(H,25,31)(H,26,30). The molecule has 0 spiro atoms. The Kier molecular flexibility index (Phi) is 6.05. The summed E-state index contributed by atoms with van der Waals surface area (Å²) in [6.07, 6.45) is 0. The molecule has 164 valence electrons. The summed E-state index contributed by atoms with van der Waals surface area (Å²) in [5.74, 6) is -0.286. The molecule has 7 nitrogen and oxygen atoms in total. The first-order chi connectivity index (χ1) is 15.3. The van der Waals surface area contributed by atoms with Crippen molar-refractivity contribution >= 4 is 39.9 Å². The minimum absolute atomic E-state index is 0.0267. The van der Waals surface area contributed by atoms with E-state index in [1.807, 2.05) is 75.7 Å². The van der Waals surface area contributed by atoms with E-state index in [0.29, 0.717) is 17.8 Å². The summed E-state index contributed by atoms with van der Waals surface area (Å²) in [6.45, 7) is 5.96. The minimum Gasteiger partial charge on any atom is -0.348 e. The van der Waals surface area contributed by atoms with Gasteiger partial charge in [0, 0.05) is 25.2 Å². The van der Waals surface area contributed by atoms with E-state index >= 15 is 0 Å². The molecule has 0 saturated heterocycles. The molecule has 0 aliphatic carbocycles. The lowest BCUT2D eigenvalue weighted by Crippen LogP contribution is -2.23. The number of hydrogen-bond acceptors (Lipinski definition) is 5. The molecular weight excluding hydrogens is 422 g/mol. The van der Waals surface area contributed by atoms with Gasteiger partial charge in [-0.3, -0.25) is 14.3 Å². The molecule has 0 saturated carbocycles. The van der Waals surface area contributed by atoms with Crippen LogP contribution in [0.5, 0.6) is 0 Å². The van der Waals surface area contributed by atoms with E-state index in [0.717, 1.165) is 32.9 Å². The molecule has 0 aliphatic heterocycles. The number of thiophene rings is 1. The Morgan fingerprint density at radius 1 is 1.16 bits per heavy atom. The molecule has 32 heavy (non-hydrogen) atoms. The lowest BCUT2D eigenvalue weighted by atomic mass is 10.1. The van der Waals surface area contributed by atoms with Crippen molar-refractivity contribution in [2.45, 2.75) is 27.3 Å². The molecule has 0 aliphatic rings. The Hall–Kier alpha value is -3.52. The predicted molar refractivity (Wildman–Crippen MR) is 128 cm³/mol. The van der Waals surface area contributed by atoms with Gasteiger partial charge < -0.3 is 10.6 Å². The summed E-state index contributed by atoms with van der Waals surface area (Å²) in [7, 11) is 1.84. The highest BCUT2D eigenvalue weighted by Gasteiger charge is 2.19. The van der Waals surface area contributed by atoms with Crippen LogP contribution in [0.3, 0.4) is 0 Å². The molecule has 0 fully saturated rings. The number of hydrogen-bond donors (Lipinski definition) is 2. The molecule has 1 aromatic carbocycles. The van der Waals surface area contributed by atoms with Crippen molar-refractivity contribution in [3.63, 3.8) is 0 Å². The highest BCUT2D eigenvalue weighted by atomic mass is 32.1. The van der Waals surface area contributed by atoms with Crippen LogP contribution in [-0.4, -0.2) is 26.6 Å². The second-order valence-electron chi connectivity index (χ2n) is 7.96. The SMILES string of the molecule is Cc1nn(C)c2nc(-c3cccs3)cc(C(=O)NCc3ccc(NC(=O)C(C)C)cc3)c12. The third-order valence-electron chi connectivity index (χ3n) is 5.19. The van der Waals surface area contributed by atoms with Crippen LogP contribution < -0.4 is 10.6 Å². The fourth-order valence-corrected chi connectivity index (χ4v) is 4.13. The quantitative estimate of drug-likeness (QED) is 0.454. The lowest BCUT2D eigenvalue weighted by molar-refractivity contribution is -0.118. The lowest BCUT2D eigenvalue weighted by Gasteiger charge is -2.10. The van der Waals surface area contributed by atoms with Gasteiger partial charge in [0.2, 0.25) is 5.91 Å². The van der Waals surface area contributed by atoms with Gasteiger partial charge in [0.05, 0.1) is 27.2 Å². The van der Waals surface area contributed by atoms with Crippen molar-refractivity contribution in [1.29, 1.82) is 0 Å². The van der Waals surface area contributed by atoms with Crippen molar-refractivity contribution in [2.24, 2.45) is 13.0 Å². The second kappa shape index (κ2) is 8.92. The molecule has 2 amide bonds. The zero-order valence-electron chi connectivity index (χ0n) is 18.5. The minimum atomic E-state index is -0.177. The number of nitrogens with zero attached hydrogens (tertiary/aromatic N) is 3. The van der Waals surface area contributed by atoms with Gasteiger partial charge in [0.15, 0.2) is 5.65 Å². The van der Waals surface area contributed by atoms with Crippen molar-refractivity contribution < 1.29 is 9.59 Å². The molecule has 4 rings (SSSR count). The van der Waals surface area contributed by atoms with Crippen LogP contribution in [0.25, 0.3) is 21.6 Å². The summed E-state index contributed by atoms with van der Waals surface area (Å²) in [4.78, 5) is 30.8. The topological polar surface area (TPSA) is 88.9 Å². The Morgan fingerprint density at radius 2 is 1.91 bits per heavy atom. The third-order valence-corrected chi connectivity index (χ3v) is 6.08. The van der Waals surface area contributed by atoms with Gasteiger partial charge in [-0.1, -0.05) is 32.0 Å². The molecule has 4 aromatic rings. The number of rotatable bonds is 6. The number of carbonyl (C=O) groups is 2. The molecule has 8 heteroatoms. The van der Waals surface area contributed by atoms with Gasteiger partial charge in [-0.15, -0.1) is 11.3 Å². The first-order valence-electron chi connectivity index (χ1n) is 10.4. The van der Waals surface area contributed by atoms with Gasteiger partial charge in [-0.25, -0.2) is 4.98 Å². The van der Waals surface area contributed by atoms with Crippen molar-refractivity contribution in [1.82, 2.24) is 20.1 Å². The van der Waals surface area contributed by atoms with E-state index in [4.69, 9.17) is 4.98 Å². The molecule has 2 N–H and O–H groups in total. The zero-order chi connectivity index (χ0) is 22.8. The Bertz CT molecular complexity index is 1270. The smallest absolute Gasteiger partial charge is 0.252 e. The van der Waals surface area contributed by atoms with Crippen molar-refractivity contribution in [3.8, 4) is 10.6 Å². The number of aryl methyl sites for hydroxylation is 2. The van der Waals surface area contributed by atoms with E-state index in [1.165, 1.54) is 0 Å². The maximum Gasteiger partial charge on any atom is 0.252 e. The number of pyridine rings is 1. The monoisotopic (exact) mass is 447 g/mol. The Balaban J connectivity index is 1.56. The van der Waals surface area contributed by atoms with E-state index in [2.05, 4.69) is 15.7 Å². The number of carbonyl (C=O) groups excluding carboxylic acids is 2. The van der Waals surface area contributed by atoms with Crippen LogP contribution in [0.1, 0.15) is 35.5 Å². The number of nitrogens with one attached hydrogen (secondary N) is 2. The fourth-order valence-electron chi connectivity index (χ4n) is 3.44. The number of benzene rings is 1. The van der Waals surface area contributed by atoms with Crippen molar-refractivity contribution in [2.75, 3.05) is 5.32 Å². The maximum atomic E-state index is 13.2. The number of aromatic nitrogens is 3. The molecular formula is C24H25N5O2S. The van der Waals surface area contributed by atoms with Crippen LogP contribution in [0.4, 0.5) is 5.69 Å². The van der Waals surface area contributed by atoms with Crippen molar-refractivity contribution in [3.05, 3.63) is 64.7 Å². The molecule has 0 radical (unpaired) electrons.